The molecule has 2 atom stereocenters. The maximum absolute atomic E-state index is 13.0. The number of urea groups is 1. The predicted octanol–water partition coefficient (Wildman–Crippen LogP) is 2.50. The van der Waals surface area contributed by atoms with Gasteiger partial charge in [-0.15, -0.1) is 0 Å². The highest BCUT2D eigenvalue weighted by Gasteiger charge is 2.45. The fourth-order valence-electron chi connectivity index (χ4n) is 3.57. The van der Waals surface area contributed by atoms with E-state index < -0.39 is 18.1 Å². The van der Waals surface area contributed by atoms with E-state index in [-0.39, 0.29) is 11.8 Å². The van der Waals surface area contributed by atoms with E-state index in [1.54, 1.807) is 11.8 Å². The van der Waals surface area contributed by atoms with E-state index in [9.17, 15) is 14.4 Å². The molecule has 3 rings (SSSR count). The molecule has 2 saturated heterocycles. The second-order valence-corrected chi connectivity index (χ2v) is 7.33. The number of carbonyl (C=O) groups excluding carboxylic acids is 3. The lowest BCUT2D eigenvalue weighted by atomic mass is 9.99. The van der Waals surface area contributed by atoms with Gasteiger partial charge in [0, 0.05) is 16.7 Å². The molecule has 1 aromatic carbocycles. The SMILES string of the molecule is Cc1cc(Br)cc(C)c1N1CCC[C@H](N2C(=O)N[C@H](C)C2=O)C1=O. The van der Waals surface area contributed by atoms with Crippen LogP contribution in [0.5, 0.6) is 0 Å². The average molecular weight is 394 g/mol. The van der Waals surface area contributed by atoms with Crippen molar-refractivity contribution in [2.24, 2.45) is 0 Å². The molecule has 0 bridgehead atoms. The molecule has 1 N–H and O–H groups in total. The van der Waals surface area contributed by atoms with Gasteiger partial charge < -0.3 is 10.2 Å². The lowest BCUT2D eigenvalue weighted by molar-refractivity contribution is -0.135. The number of aryl methyl sites for hydroxylation is 2. The summed E-state index contributed by atoms with van der Waals surface area (Å²) in [5.41, 5.74) is 2.84. The van der Waals surface area contributed by atoms with Gasteiger partial charge in [0.2, 0.25) is 5.91 Å². The number of imide groups is 1. The molecule has 7 heteroatoms. The Morgan fingerprint density at radius 1 is 1.12 bits per heavy atom. The van der Waals surface area contributed by atoms with Crippen LogP contribution in [-0.4, -0.2) is 41.4 Å². The smallest absolute Gasteiger partial charge is 0.325 e. The Kier molecular flexibility index (Phi) is 4.38. The van der Waals surface area contributed by atoms with Crippen LogP contribution >= 0.6 is 15.9 Å². The van der Waals surface area contributed by atoms with Gasteiger partial charge >= 0.3 is 6.03 Å². The molecule has 4 amide bonds. The number of rotatable bonds is 2. The summed E-state index contributed by atoms with van der Waals surface area (Å²) in [5, 5.41) is 2.58. The van der Waals surface area contributed by atoms with E-state index in [4.69, 9.17) is 0 Å². The summed E-state index contributed by atoms with van der Waals surface area (Å²) in [7, 11) is 0. The molecule has 128 valence electrons. The zero-order chi connectivity index (χ0) is 17.6. The van der Waals surface area contributed by atoms with Crippen LogP contribution in [0.15, 0.2) is 16.6 Å². The predicted molar refractivity (Wildman–Crippen MR) is 93.8 cm³/mol. The van der Waals surface area contributed by atoms with Crippen molar-refractivity contribution < 1.29 is 14.4 Å². The van der Waals surface area contributed by atoms with Crippen molar-refractivity contribution in [3.05, 3.63) is 27.7 Å². The van der Waals surface area contributed by atoms with Crippen LogP contribution in [0.3, 0.4) is 0 Å². The molecule has 2 aliphatic heterocycles. The van der Waals surface area contributed by atoms with E-state index >= 15 is 0 Å². The van der Waals surface area contributed by atoms with Crippen LogP contribution in [-0.2, 0) is 9.59 Å². The second-order valence-electron chi connectivity index (χ2n) is 6.42. The monoisotopic (exact) mass is 393 g/mol. The van der Waals surface area contributed by atoms with Gasteiger partial charge in [0.25, 0.3) is 5.91 Å². The topological polar surface area (TPSA) is 69.7 Å². The van der Waals surface area contributed by atoms with Crippen molar-refractivity contribution >= 4 is 39.5 Å². The second kappa shape index (κ2) is 6.20. The maximum atomic E-state index is 13.0. The van der Waals surface area contributed by atoms with Gasteiger partial charge in [0.1, 0.15) is 12.1 Å². The minimum absolute atomic E-state index is 0.188. The molecular formula is C17H20BrN3O3. The third-order valence-corrected chi connectivity index (χ3v) is 5.07. The van der Waals surface area contributed by atoms with E-state index in [1.165, 1.54) is 0 Å². The van der Waals surface area contributed by atoms with E-state index in [0.717, 1.165) is 32.6 Å². The van der Waals surface area contributed by atoms with E-state index in [2.05, 4.69) is 21.2 Å². The van der Waals surface area contributed by atoms with Gasteiger partial charge in [-0.3, -0.25) is 9.59 Å². The van der Waals surface area contributed by atoms with Crippen LogP contribution in [0.25, 0.3) is 0 Å². The fraction of sp³-hybridized carbons (Fsp3) is 0.471. The minimum atomic E-state index is -0.723. The van der Waals surface area contributed by atoms with Crippen LogP contribution in [0.2, 0.25) is 0 Å². The summed E-state index contributed by atoms with van der Waals surface area (Å²) in [6.45, 7) is 6.14. The first-order valence-corrected chi connectivity index (χ1v) is 8.82. The van der Waals surface area contributed by atoms with Crippen LogP contribution in [0.1, 0.15) is 30.9 Å². The summed E-state index contributed by atoms with van der Waals surface area (Å²) in [5.74, 6) is -0.517. The van der Waals surface area contributed by atoms with Crippen molar-refractivity contribution in [2.75, 3.05) is 11.4 Å². The van der Waals surface area contributed by atoms with E-state index in [1.807, 2.05) is 26.0 Å². The summed E-state index contributed by atoms with van der Waals surface area (Å²) in [6, 6.07) is 2.16. The third kappa shape index (κ3) is 2.70. The lowest BCUT2D eigenvalue weighted by Gasteiger charge is -2.36. The Morgan fingerprint density at radius 3 is 2.29 bits per heavy atom. The Hall–Kier alpha value is -1.89. The Morgan fingerprint density at radius 2 is 1.75 bits per heavy atom. The minimum Gasteiger partial charge on any atom is -0.326 e. The molecule has 2 fully saturated rings. The van der Waals surface area contributed by atoms with Gasteiger partial charge in [0.05, 0.1) is 0 Å². The number of nitrogens with one attached hydrogen (secondary N) is 1. The number of hydrogen-bond donors (Lipinski definition) is 1. The summed E-state index contributed by atoms with van der Waals surface area (Å²) >= 11 is 3.47. The molecule has 2 aliphatic rings. The summed E-state index contributed by atoms with van der Waals surface area (Å²) in [6.07, 6.45) is 1.26. The van der Waals surface area contributed by atoms with Gasteiger partial charge in [-0.05, 0) is 56.9 Å². The highest BCUT2D eigenvalue weighted by atomic mass is 79.9. The molecule has 0 unspecified atom stereocenters. The molecule has 24 heavy (non-hydrogen) atoms. The normalized spacial score (nSPS) is 24.6. The molecule has 0 aromatic heterocycles. The number of anilines is 1. The van der Waals surface area contributed by atoms with Crippen LogP contribution in [0.4, 0.5) is 10.5 Å². The van der Waals surface area contributed by atoms with Crippen molar-refractivity contribution in [3.63, 3.8) is 0 Å². The molecule has 0 saturated carbocycles. The average Bonchev–Trinajstić information content (AvgIpc) is 2.73. The zero-order valence-corrected chi connectivity index (χ0v) is 15.5. The van der Waals surface area contributed by atoms with Crippen molar-refractivity contribution in [3.8, 4) is 0 Å². The van der Waals surface area contributed by atoms with Crippen molar-refractivity contribution in [2.45, 2.75) is 45.7 Å². The van der Waals surface area contributed by atoms with E-state index in [0.29, 0.717) is 13.0 Å². The first-order valence-electron chi connectivity index (χ1n) is 8.03. The number of carbonyl (C=O) groups is 3. The number of nitrogens with zero attached hydrogens (tertiary/aromatic N) is 2. The number of hydrogen-bond acceptors (Lipinski definition) is 3. The first-order chi connectivity index (χ1) is 11.3. The molecule has 0 aliphatic carbocycles. The Bertz CT molecular complexity index is 711. The number of benzene rings is 1. The van der Waals surface area contributed by atoms with Gasteiger partial charge in [0.15, 0.2) is 0 Å². The van der Waals surface area contributed by atoms with Gasteiger partial charge in [-0.25, -0.2) is 9.69 Å². The first kappa shape index (κ1) is 17.0. The zero-order valence-electron chi connectivity index (χ0n) is 13.9. The summed E-state index contributed by atoms with van der Waals surface area (Å²) in [4.78, 5) is 40.2. The summed E-state index contributed by atoms with van der Waals surface area (Å²) < 4.78 is 0.963. The van der Waals surface area contributed by atoms with Gasteiger partial charge in [-0.2, -0.15) is 0 Å². The standard InChI is InChI=1S/C17H20BrN3O3/c1-9-7-12(18)8-10(2)14(9)20-6-4-5-13(16(20)23)21-15(22)11(3)19-17(21)24/h7-8,11,13H,4-6H2,1-3H3,(H,19,24)/t11-,13+/m1/s1. The number of halogens is 1. The van der Waals surface area contributed by atoms with Crippen LogP contribution in [0, 0.1) is 13.8 Å². The quantitative estimate of drug-likeness (QED) is 0.784. The fourth-order valence-corrected chi connectivity index (χ4v) is 4.25. The molecule has 2 heterocycles. The third-order valence-electron chi connectivity index (χ3n) is 4.61. The van der Waals surface area contributed by atoms with Crippen LogP contribution < -0.4 is 10.2 Å². The number of amides is 4. The largest absolute Gasteiger partial charge is 0.326 e. The number of piperidine rings is 1. The molecule has 1 aromatic rings. The van der Waals surface area contributed by atoms with Crippen molar-refractivity contribution in [1.82, 2.24) is 10.2 Å². The molecule has 0 radical (unpaired) electrons. The Balaban J connectivity index is 1.94. The molecular weight excluding hydrogens is 374 g/mol. The van der Waals surface area contributed by atoms with Crippen molar-refractivity contribution in [1.29, 1.82) is 0 Å². The van der Waals surface area contributed by atoms with Gasteiger partial charge in [-0.1, -0.05) is 15.9 Å². The molecule has 0 spiro atoms. The lowest BCUT2D eigenvalue weighted by Crippen LogP contribution is -2.55. The Labute approximate surface area is 149 Å². The maximum Gasteiger partial charge on any atom is 0.325 e. The highest BCUT2D eigenvalue weighted by molar-refractivity contribution is 9.10. The highest BCUT2D eigenvalue weighted by Crippen LogP contribution is 2.32. The molecule has 6 nitrogen and oxygen atoms in total.